The maximum atomic E-state index is 12.1. The summed E-state index contributed by atoms with van der Waals surface area (Å²) in [4.78, 5) is 17.4. The summed E-state index contributed by atoms with van der Waals surface area (Å²) in [6.45, 7) is 3.62. The third-order valence-electron chi connectivity index (χ3n) is 4.41. The summed E-state index contributed by atoms with van der Waals surface area (Å²) in [5.41, 5.74) is 2.59. The fourth-order valence-electron chi connectivity index (χ4n) is 3.20. The third-order valence-corrected chi connectivity index (χ3v) is 4.41. The summed E-state index contributed by atoms with van der Waals surface area (Å²) in [7, 11) is 0. The molecule has 0 spiro atoms. The van der Waals surface area contributed by atoms with E-state index in [1.165, 1.54) is 16.5 Å². The van der Waals surface area contributed by atoms with E-state index in [2.05, 4.69) is 35.4 Å². The van der Waals surface area contributed by atoms with Gasteiger partial charge in [-0.2, -0.15) is 0 Å². The average molecular weight is 294 g/mol. The quantitative estimate of drug-likeness (QED) is 0.674. The van der Waals surface area contributed by atoms with Crippen molar-refractivity contribution in [2.24, 2.45) is 0 Å². The number of likely N-dealkylation sites (tertiary alicyclic amines) is 1. The van der Waals surface area contributed by atoms with E-state index < -0.39 is 0 Å². The third kappa shape index (κ3) is 2.98. The number of piperidine rings is 1. The Balaban J connectivity index is 1.65. The molecule has 0 bridgehead atoms. The van der Waals surface area contributed by atoms with Gasteiger partial charge in [0.1, 0.15) is 0 Å². The molecular weight excluding hydrogens is 272 g/mol. The molecule has 1 aromatic carbocycles. The summed E-state index contributed by atoms with van der Waals surface area (Å²) in [6.07, 6.45) is 11.5. The van der Waals surface area contributed by atoms with Crippen LogP contribution in [0.2, 0.25) is 0 Å². The Morgan fingerprint density at radius 1 is 1.23 bits per heavy atom. The monoisotopic (exact) mass is 294 g/mol. The summed E-state index contributed by atoms with van der Waals surface area (Å²) < 4.78 is 0. The van der Waals surface area contributed by atoms with Crippen LogP contribution in [-0.4, -0.2) is 28.9 Å². The van der Waals surface area contributed by atoms with Crippen LogP contribution in [0, 0.1) is 0 Å². The molecule has 22 heavy (non-hydrogen) atoms. The summed E-state index contributed by atoms with van der Waals surface area (Å²) in [5, 5.41) is 1.32. The molecule has 0 unspecified atom stereocenters. The molecule has 1 saturated heterocycles. The number of aromatic nitrogens is 1. The second-order valence-electron chi connectivity index (χ2n) is 5.77. The minimum atomic E-state index is 0.121. The van der Waals surface area contributed by atoms with Crippen molar-refractivity contribution >= 4 is 16.8 Å². The van der Waals surface area contributed by atoms with E-state index in [-0.39, 0.29) is 5.91 Å². The lowest BCUT2D eigenvalue weighted by molar-refractivity contribution is -0.127. The molecule has 1 aliphatic rings. The number of benzene rings is 1. The molecule has 3 rings (SSSR count). The van der Waals surface area contributed by atoms with Crippen LogP contribution < -0.4 is 0 Å². The Kier molecular flexibility index (Phi) is 4.42. The Hall–Kier alpha value is -2.29. The predicted octanol–water partition coefficient (Wildman–Crippen LogP) is 4.01. The van der Waals surface area contributed by atoms with E-state index in [4.69, 9.17) is 0 Å². The van der Waals surface area contributed by atoms with Gasteiger partial charge in [0, 0.05) is 36.3 Å². The van der Waals surface area contributed by atoms with Gasteiger partial charge < -0.3 is 9.88 Å². The topological polar surface area (TPSA) is 36.1 Å². The van der Waals surface area contributed by atoms with Gasteiger partial charge in [0.05, 0.1) is 0 Å². The Labute approximate surface area is 131 Å². The zero-order chi connectivity index (χ0) is 15.4. The number of para-hydroxylation sites is 1. The lowest BCUT2D eigenvalue weighted by Gasteiger charge is -2.31. The number of amides is 1. The Morgan fingerprint density at radius 2 is 2.00 bits per heavy atom. The fraction of sp³-hybridized carbons (Fsp3) is 0.316. The maximum Gasteiger partial charge on any atom is 0.246 e. The second-order valence-corrected chi connectivity index (χ2v) is 5.77. The van der Waals surface area contributed by atoms with Gasteiger partial charge in [0.15, 0.2) is 0 Å². The highest BCUT2D eigenvalue weighted by atomic mass is 16.2. The maximum absolute atomic E-state index is 12.1. The molecule has 3 nitrogen and oxygen atoms in total. The first-order chi connectivity index (χ1) is 10.8. The van der Waals surface area contributed by atoms with Crippen LogP contribution in [0.1, 0.15) is 31.2 Å². The van der Waals surface area contributed by atoms with Gasteiger partial charge in [-0.15, -0.1) is 0 Å². The van der Waals surface area contributed by atoms with Crippen molar-refractivity contribution in [3.05, 3.63) is 60.3 Å². The van der Waals surface area contributed by atoms with Crippen molar-refractivity contribution < 1.29 is 4.79 Å². The van der Waals surface area contributed by atoms with E-state index in [1.807, 2.05) is 30.1 Å². The predicted molar refractivity (Wildman–Crippen MR) is 90.8 cm³/mol. The van der Waals surface area contributed by atoms with Gasteiger partial charge in [0.2, 0.25) is 5.91 Å². The fourth-order valence-corrected chi connectivity index (χ4v) is 3.20. The molecule has 1 aliphatic heterocycles. The lowest BCUT2D eigenvalue weighted by Crippen LogP contribution is -2.36. The largest absolute Gasteiger partial charge is 0.361 e. The zero-order valence-corrected chi connectivity index (χ0v) is 13.0. The number of nitrogens with zero attached hydrogens (tertiary/aromatic N) is 1. The van der Waals surface area contributed by atoms with Crippen LogP contribution in [0.15, 0.2) is 54.8 Å². The molecule has 0 atom stereocenters. The standard InChI is InChI=1S/C19H22N2O/c1-2-3-4-9-19(22)21-12-10-15(11-13-21)17-14-20-18-8-6-5-7-16(17)18/h2-9,14-15,20H,10-13H2,1H3/b3-2+,9-4+. The van der Waals surface area contributed by atoms with Gasteiger partial charge in [0.25, 0.3) is 0 Å². The van der Waals surface area contributed by atoms with Crippen molar-refractivity contribution in [2.75, 3.05) is 13.1 Å². The molecule has 0 saturated carbocycles. The van der Waals surface area contributed by atoms with Gasteiger partial charge in [-0.1, -0.05) is 36.4 Å². The van der Waals surface area contributed by atoms with Crippen LogP contribution in [0.4, 0.5) is 0 Å². The number of fused-ring (bicyclic) bond motifs is 1. The van der Waals surface area contributed by atoms with E-state index >= 15 is 0 Å². The smallest absolute Gasteiger partial charge is 0.246 e. The summed E-state index contributed by atoms with van der Waals surface area (Å²) in [6, 6.07) is 8.44. The number of H-pyrrole nitrogens is 1. The van der Waals surface area contributed by atoms with Crippen LogP contribution in [0.25, 0.3) is 10.9 Å². The number of carbonyl (C=O) groups excluding carboxylic acids is 1. The first-order valence-corrected chi connectivity index (χ1v) is 7.94. The molecule has 1 fully saturated rings. The second kappa shape index (κ2) is 6.65. The highest BCUT2D eigenvalue weighted by Crippen LogP contribution is 2.33. The number of rotatable bonds is 3. The lowest BCUT2D eigenvalue weighted by atomic mass is 9.89. The van der Waals surface area contributed by atoms with Gasteiger partial charge >= 0.3 is 0 Å². The van der Waals surface area contributed by atoms with E-state index in [9.17, 15) is 4.79 Å². The Bertz CT molecular complexity index is 703. The highest BCUT2D eigenvalue weighted by Gasteiger charge is 2.24. The molecule has 1 aromatic heterocycles. The molecular formula is C19H22N2O. The minimum absolute atomic E-state index is 0.121. The van der Waals surface area contributed by atoms with Crippen molar-refractivity contribution in [2.45, 2.75) is 25.7 Å². The van der Waals surface area contributed by atoms with Crippen molar-refractivity contribution in [1.29, 1.82) is 0 Å². The molecule has 2 aromatic rings. The van der Waals surface area contributed by atoms with Crippen LogP contribution >= 0.6 is 0 Å². The van der Waals surface area contributed by atoms with Crippen LogP contribution in [0.3, 0.4) is 0 Å². The van der Waals surface area contributed by atoms with Gasteiger partial charge in [-0.3, -0.25) is 4.79 Å². The normalized spacial score (nSPS) is 17.0. The summed E-state index contributed by atoms with van der Waals surface area (Å²) in [5.74, 6) is 0.662. The Morgan fingerprint density at radius 3 is 2.77 bits per heavy atom. The number of hydrogen-bond acceptors (Lipinski definition) is 1. The molecule has 2 heterocycles. The number of aromatic amines is 1. The molecule has 1 amide bonds. The zero-order valence-electron chi connectivity index (χ0n) is 13.0. The number of carbonyl (C=O) groups is 1. The first kappa shape index (κ1) is 14.6. The first-order valence-electron chi connectivity index (χ1n) is 7.94. The number of nitrogens with one attached hydrogen (secondary N) is 1. The molecule has 1 N–H and O–H groups in total. The number of allylic oxidation sites excluding steroid dienone is 3. The van der Waals surface area contributed by atoms with Crippen LogP contribution in [-0.2, 0) is 4.79 Å². The number of hydrogen-bond donors (Lipinski definition) is 1. The average Bonchev–Trinajstić information content (AvgIpc) is 2.99. The summed E-state index contributed by atoms with van der Waals surface area (Å²) >= 11 is 0. The molecule has 0 radical (unpaired) electrons. The van der Waals surface area contributed by atoms with Crippen molar-refractivity contribution in [3.8, 4) is 0 Å². The molecule has 3 heteroatoms. The van der Waals surface area contributed by atoms with E-state index in [0.717, 1.165) is 25.9 Å². The molecule has 0 aliphatic carbocycles. The van der Waals surface area contributed by atoms with Crippen molar-refractivity contribution in [1.82, 2.24) is 9.88 Å². The van der Waals surface area contributed by atoms with Gasteiger partial charge in [-0.05, 0) is 37.3 Å². The van der Waals surface area contributed by atoms with E-state index in [0.29, 0.717) is 5.92 Å². The highest BCUT2D eigenvalue weighted by molar-refractivity contribution is 5.88. The van der Waals surface area contributed by atoms with Gasteiger partial charge in [-0.25, -0.2) is 0 Å². The molecule has 114 valence electrons. The minimum Gasteiger partial charge on any atom is -0.361 e. The van der Waals surface area contributed by atoms with Crippen LogP contribution in [0.5, 0.6) is 0 Å². The van der Waals surface area contributed by atoms with E-state index in [1.54, 1.807) is 6.08 Å². The SMILES string of the molecule is C/C=C/C=C/C(=O)N1CCC(c2c[nH]c3ccccc23)CC1. The van der Waals surface area contributed by atoms with Crippen molar-refractivity contribution in [3.63, 3.8) is 0 Å².